The van der Waals surface area contributed by atoms with E-state index in [1.807, 2.05) is 24.3 Å². The van der Waals surface area contributed by atoms with Crippen LogP contribution >= 0.6 is 0 Å². The van der Waals surface area contributed by atoms with Gasteiger partial charge < -0.3 is 14.8 Å². The molecule has 1 fully saturated rings. The maximum absolute atomic E-state index is 10.5. The molecule has 1 aromatic carbocycles. The second-order valence-electron chi connectivity index (χ2n) is 4.87. The molecule has 3 rings (SSSR count). The van der Waals surface area contributed by atoms with Crippen molar-refractivity contribution in [1.82, 2.24) is 4.98 Å². The van der Waals surface area contributed by atoms with Crippen LogP contribution in [-0.2, 0) is 5.60 Å². The molecule has 0 aliphatic heterocycles. The molecule has 0 spiro atoms. The average molecular weight is 231 g/mol. The molecular weight excluding hydrogens is 214 g/mol. The number of aromatic nitrogens is 1. The predicted octanol–water partition coefficient (Wildman–Crippen LogP) is 2.94. The Kier molecular flexibility index (Phi) is 2.37. The summed E-state index contributed by atoms with van der Waals surface area (Å²) in [6.45, 7) is 0. The van der Waals surface area contributed by atoms with Gasteiger partial charge in [-0.25, -0.2) is 0 Å². The molecule has 0 atom stereocenters. The van der Waals surface area contributed by atoms with E-state index in [2.05, 4.69) is 4.98 Å². The van der Waals surface area contributed by atoms with Crippen LogP contribution < -0.4 is 4.74 Å². The van der Waals surface area contributed by atoms with E-state index < -0.39 is 5.60 Å². The summed E-state index contributed by atoms with van der Waals surface area (Å²) in [6.07, 6.45) is 3.93. The van der Waals surface area contributed by atoms with Gasteiger partial charge in [0.2, 0.25) is 0 Å². The monoisotopic (exact) mass is 231 g/mol. The van der Waals surface area contributed by atoms with Crippen molar-refractivity contribution in [1.29, 1.82) is 0 Å². The number of aliphatic hydroxyl groups is 1. The summed E-state index contributed by atoms with van der Waals surface area (Å²) in [4.78, 5) is 3.32. The lowest BCUT2D eigenvalue weighted by Crippen LogP contribution is -2.21. The summed E-state index contributed by atoms with van der Waals surface area (Å²) < 4.78 is 5.21. The summed E-state index contributed by atoms with van der Waals surface area (Å²) in [5.41, 5.74) is 1.35. The van der Waals surface area contributed by atoms with Crippen LogP contribution in [0.15, 0.2) is 24.3 Å². The molecule has 2 aromatic rings. The summed E-state index contributed by atoms with van der Waals surface area (Å²) in [5, 5.41) is 11.6. The molecular formula is C14H17NO2. The number of methoxy groups -OCH3 is 1. The number of aromatic amines is 1. The fraction of sp³-hybridized carbons (Fsp3) is 0.429. The van der Waals surface area contributed by atoms with Crippen LogP contribution in [0.5, 0.6) is 5.75 Å². The number of hydrogen-bond donors (Lipinski definition) is 2. The molecule has 0 radical (unpaired) electrons. The maximum Gasteiger partial charge on any atom is 0.119 e. The number of nitrogens with one attached hydrogen (secondary N) is 1. The van der Waals surface area contributed by atoms with Crippen molar-refractivity contribution in [2.45, 2.75) is 31.3 Å². The highest BCUT2D eigenvalue weighted by Crippen LogP contribution is 2.39. The van der Waals surface area contributed by atoms with Gasteiger partial charge in [-0.3, -0.25) is 0 Å². The van der Waals surface area contributed by atoms with Crippen LogP contribution in [-0.4, -0.2) is 17.2 Å². The zero-order valence-corrected chi connectivity index (χ0v) is 9.99. The topological polar surface area (TPSA) is 45.2 Å². The van der Waals surface area contributed by atoms with Gasteiger partial charge in [0.05, 0.1) is 7.11 Å². The van der Waals surface area contributed by atoms with Gasteiger partial charge in [-0.1, -0.05) is 12.8 Å². The van der Waals surface area contributed by atoms with Crippen molar-refractivity contribution in [3.8, 4) is 5.75 Å². The van der Waals surface area contributed by atoms with E-state index in [9.17, 15) is 5.11 Å². The second-order valence-corrected chi connectivity index (χ2v) is 4.87. The molecule has 2 N–H and O–H groups in total. The fourth-order valence-electron chi connectivity index (χ4n) is 2.72. The number of H-pyrrole nitrogens is 1. The zero-order valence-electron chi connectivity index (χ0n) is 9.99. The highest BCUT2D eigenvalue weighted by Gasteiger charge is 2.34. The van der Waals surface area contributed by atoms with Gasteiger partial charge in [-0.2, -0.15) is 0 Å². The zero-order chi connectivity index (χ0) is 11.9. The van der Waals surface area contributed by atoms with Gasteiger partial charge in [0.25, 0.3) is 0 Å². The Labute approximate surface area is 100 Å². The number of fused-ring (bicyclic) bond motifs is 1. The number of benzene rings is 1. The van der Waals surface area contributed by atoms with Gasteiger partial charge in [-0.15, -0.1) is 0 Å². The molecule has 1 aliphatic carbocycles. The summed E-state index contributed by atoms with van der Waals surface area (Å²) >= 11 is 0. The molecule has 3 nitrogen and oxygen atoms in total. The molecule has 17 heavy (non-hydrogen) atoms. The summed E-state index contributed by atoms with van der Waals surface area (Å²) in [5.74, 6) is 0.849. The highest BCUT2D eigenvalue weighted by atomic mass is 16.5. The molecule has 1 saturated carbocycles. The van der Waals surface area contributed by atoms with E-state index in [4.69, 9.17) is 4.74 Å². The minimum absolute atomic E-state index is 0.647. The molecule has 0 unspecified atom stereocenters. The van der Waals surface area contributed by atoms with E-state index >= 15 is 0 Å². The fourth-order valence-corrected chi connectivity index (χ4v) is 2.72. The third-order valence-corrected chi connectivity index (χ3v) is 3.76. The van der Waals surface area contributed by atoms with Crippen LogP contribution in [0.4, 0.5) is 0 Å². The number of rotatable bonds is 2. The van der Waals surface area contributed by atoms with Crippen LogP contribution in [0, 0.1) is 0 Å². The van der Waals surface area contributed by atoms with Crippen molar-refractivity contribution in [2.75, 3.05) is 7.11 Å². The molecule has 0 saturated heterocycles. The third-order valence-electron chi connectivity index (χ3n) is 3.76. The van der Waals surface area contributed by atoms with Crippen molar-refractivity contribution in [3.63, 3.8) is 0 Å². The van der Waals surface area contributed by atoms with Gasteiger partial charge in [-0.05, 0) is 37.1 Å². The SMILES string of the molecule is COc1ccc2[nH]c(C3(O)CCCC3)cc2c1. The Morgan fingerprint density at radius 3 is 2.71 bits per heavy atom. The Bertz CT molecular complexity index is 538. The summed E-state index contributed by atoms with van der Waals surface area (Å²) in [7, 11) is 1.67. The van der Waals surface area contributed by atoms with E-state index in [0.29, 0.717) is 0 Å². The maximum atomic E-state index is 10.5. The lowest BCUT2D eigenvalue weighted by molar-refractivity contribution is 0.0407. The Hall–Kier alpha value is -1.48. The van der Waals surface area contributed by atoms with Crippen molar-refractivity contribution in [2.24, 2.45) is 0 Å². The first-order valence-electron chi connectivity index (χ1n) is 6.11. The Morgan fingerprint density at radius 1 is 1.24 bits per heavy atom. The average Bonchev–Trinajstić information content (AvgIpc) is 2.94. The largest absolute Gasteiger partial charge is 0.497 e. The van der Waals surface area contributed by atoms with E-state index in [1.54, 1.807) is 7.11 Å². The lowest BCUT2D eigenvalue weighted by Gasteiger charge is -2.20. The molecule has 0 amide bonds. The Balaban J connectivity index is 2.07. The normalized spacial score (nSPS) is 18.7. The van der Waals surface area contributed by atoms with Crippen molar-refractivity contribution < 1.29 is 9.84 Å². The molecule has 1 heterocycles. The van der Waals surface area contributed by atoms with Crippen molar-refractivity contribution >= 4 is 10.9 Å². The smallest absolute Gasteiger partial charge is 0.119 e. The van der Waals surface area contributed by atoms with Crippen LogP contribution in [0.2, 0.25) is 0 Å². The van der Waals surface area contributed by atoms with E-state index in [-0.39, 0.29) is 0 Å². The van der Waals surface area contributed by atoms with Crippen LogP contribution in [0.1, 0.15) is 31.4 Å². The van der Waals surface area contributed by atoms with Crippen molar-refractivity contribution in [3.05, 3.63) is 30.0 Å². The van der Waals surface area contributed by atoms with Gasteiger partial charge in [0, 0.05) is 16.6 Å². The van der Waals surface area contributed by atoms with Crippen LogP contribution in [0.3, 0.4) is 0 Å². The van der Waals surface area contributed by atoms with Crippen LogP contribution in [0.25, 0.3) is 10.9 Å². The molecule has 1 aliphatic rings. The highest BCUT2D eigenvalue weighted by molar-refractivity contribution is 5.82. The minimum atomic E-state index is -0.647. The standard InChI is InChI=1S/C14H17NO2/c1-17-11-4-5-12-10(8-11)9-13(15-12)14(16)6-2-3-7-14/h4-5,8-9,15-16H,2-3,6-7H2,1H3. The van der Waals surface area contributed by atoms with E-state index in [1.165, 1.54) is 0 Å². The minimum Gasteiger partial charge on any atom is -0.497 e. The molecule has 90 valence electrons. The Morgan fingerprint density at radius 2 is 2.00 bits per heavy atom. The third kappa shape index (κ3) is 1.71. The first kappa shape index (κ1) is 10.7. The molecule has 3 heteroatoms. The van der Waals surface area contributed by atoms with Gasteiger partial charge in [0.1, 0.15) is 11.4 Å². The summed E-state index contributed by atoms with van der Waals surface area (Å²) in [6, 6.07) is 7.97. The first-order valence-corrected chi connectivity index (χ1v) is 6.11. The first-order chi connectivity index (χ1) is 8.21. The van der Waals surface area contributed by atoms with Gasteiger partial charge >= 0.3 is 0 Å². The second kappa shape index (κ2) is 3.77. The molecule has 1 aromatic heterocycles. The predicted molar refractivity (Wildman–Crippen MR) is 67.2 cm³/mol. The molecule has 0 bridgehead atoms. The number of ether oxygens (including phenoxy) is 1. The lowest BCUT2D eigenvalue weighted by atomic mass is 9.98. The number of hydrogen-bond acceptors (Lipinski definition) is 2. The quantitative estimate of drug-likeness (QED) is 0.834. The van der Waals surface area contributed by atoms with Gasteiger partial charge in [0.15, 0.2) is 0 Å². The van der Waals surface area contributed by atoms with E-state index in [0.717, 1.165) is 48.0 Å².